The summed E-state index contributed by atoms with van der Waals surface area (Å²) in [5.74, 6) is -0.0671. The molecule has 4 aromatic rings. The Morgan fingerprint density at radius 3 is 2.55 bits per heavy atom. The average Bonchev–Trinajstić information content (AvgIpc) is 3.27. The highest BCUT2D eigenvalue weighted by Gasteiger charge is 2.34. The Balaban J connectivity index is 1.56. The molecular weight excluding hydrogens is 465 g/mol. The van der Waals surface area contributed by atoms with Gasteiger partial charge in [-0.1, -0.05) is 78.6 Å². The van der Waals surface area contributed by atoms with Crippen molar-refractivity contribution < 1.29 is 4.79 Å². The van der Waals surface area contributed by atoms with Gasteiger partial charge in [0, 0.05) is 33.6 Å². The van der Waals surface area contributed by atoms with Crippen LogP contribution in [-0.4, -0.2) is 21.1 Å². The van der Waals surface area contributed by atoms with Crippen molar-refractivity contribution >= 4 is 68.6 Å². The van der Waals surface area contributed by atoms with Crippen LogP contribution in [-0.2, 0) is 11.3 Å². The minimum atomic E-state index is -0.0671. The third kappa shape index (κ3) is 4.14. The molecule has 0 radical (unpaired) electrons. The number of hydrogen-bond acceptors (Lipinski definition) is 4. The topological polar surface area (TPSA) is 25.2 Å². The van der Waals surface area contributed by atoms with E-state index >= 15 is 0 Å². The van der Waals surface area contributed by atoms with Gasteiger partial charge in [-0.05, 0) is 49.1 Å². The van der Waals surface area contributed by atoms with E-state index < -0.39 is 0 Å². The summed E-state index contributed by atoms with van der Waals surface area (Å²) in [6.45, 7) is 2.90. The predicted molar refractivity (Wildman–Crippen MR) is 146 cm³/mol. The van der Waals surface area contributed by atoms with Gasteiger partial charge in [0.15, 0.2) is 4.32 Å². The molecule has 33 heavy (non-hydrogen) atoms. The lowest BCUT2D eigenvalue weighted by Gasteiger charge is -2.15. The first-order chi connectivity index (χ1) is 16.1. The molecular formula is C27H22N2OS3. The number of fused-ring (bicyclic) bond motifs is 1. The van der Waals surface area contributed by atoms with Gasteiger partial charge in [0.1, 0.15) is 0 Å². The maximum atomic E-state index is 13.4. The Morgan fingerprint density at radius 1 is 1.00 bits per heavy atom. The molecule has 0 N–H and O–H groups in total. The van der Waals surface area contributed by atoms with E-state index in [4.69, 9.17) is 12.2 Å². The van der Waals surface area contributed by atoms with Crippen molar-refractivity contribution in [2.75, 3.05) is 11.2 Å². The van der Waals surface area contributed by atoms with Gasteiger partial charge in [-0.15, -0.1) is 11.8 Å². The molecule has 2 heterocycles. The fourth-order valence-electron chi connectivity index (χ4n) is 4.18. The molecule has 0 atom stereocenters. The van der Waals surface area contributed by atoms with Gasteiger partial charge in [0.25, 0.3) is 5.91 Å². The van der Waals surface area contributed by atoms with E-state index in [9.17, 15) is 4.79 Å². The molecule has 1 saturated heterocycles. The minimum Gasteiger partial charge on any atom is -0.340 e. The fraction of sp³-hybridized carbons (Fsp3) is 0.111. The lowest BCUT2D eigenvalue weighted by Crippen LogP contribution is -2.27. The van der Waals surface area contributed by atoms with Crippen molar-refractivity contribution in [3.05, 3.63) is 101 Å². The summed E-state index contributed by atoms with van der Waals surface area (Å²) in [4.78, 5) is 16.8. The Hall–Kier alpha value is -2.80. The van der Waals surface area contributed by atoms with E-state index in [1.807, 2.05) is 48.7 Å². The highest BCUT2D eigenvalue weighted by Crippen LogP contribution is 2.39. The number of nitrogens with zero attached hydrogens (tertiary/aromatic N) is 2. The molecule has 3 nitrogen and oxygen atoms in total. The summed E-state index contributed by atoms with van der Waals surface area (Å²) in [5, 5.41) is 1.14. The highest BCUT2D eigenvalue weighted by atomic mass is 32.2. The normalized spacial score (nSPS) is 15.2. The van der Waals surface area contributed by atoms with Gasteiger partial charge < -0.3 is 4.57 Å². The molecule has 6 heteroatoms. The molecule has 0 unspecified atom stereocenters. The summed E-state index contributed by atoms with van der Waals surface area (Å²) in [5.41, 5.74) is 5.42. The van der Waals surface area contributed by atoms with Crippen LogP contribution in [0.5, 0.6) is 0 Å². The van der Waals surface area contributed by atoms with Gasteiger partial charge in [-0.25, -0.2) is 0 Å². The summed E-state index contributed by atoms with van der Waals surface area (Å²) >= 11 is 8.63. The second-order valence-electron chi connectivity index (χ2n) is 7.81. The second-order valence-corrected chi connectivity index (χ2v) is 10.4. The van der Waals surface area contributed by atoms with Crippen LogP contribution >= 0.6 is 35.7 Å². The molecule has 1 aliphatic heterocycles. The van der Waals surface area contributed by atoms with Gasteiger partial charge >= 0.3 is 0 Å². The Morgan fingerprint density at radius 2 is 1.76 bits per heavy atom. The quantitative estimate of drug-likeness (QED) is 0.170. The van der Waals surface area contributed by atoms with E-state index in [1.165, 1.54) is 17.3 Å². The SMILES string of the molecule is CSc1cccc(N2C(=O)/C(=C/c3c(C)n(Cc4ccccc4)c4ccccc34)SC2=S)c1. The maximum Gasteiger partial charge on any atom is 0.270 e. The molecule has 0 saturated carbocycles. The van der Waals surface area contributed by atoms with Gasteiger partial charge in [0.05, 0.1) is 10.6 Å². The van der Waals surface area contributed by atoms with Gasteiger partial charge in [0.2, 0.25) is 0 Å². The first-order valence-corrected chi connectivity index (χ1v) is 13.1. The summed E-state index contributed by atoms with van der Waals surface area (Å²) in [6, 6.07) is 26.8. The van der Waals surface area contributed by atoms with Crippen LogP contribution in [0.25, 0.3) is 17.0 Å². The van der Waals surface area contributed by atoms with E-state index in [0.717, 1.165) is 39.3 Å². The number of carbonyl (C=O) groups excluding carboxylic acids is 1. The van der Waals surface area contributed by atoms with Gasteiger partial charge in [-0.3, -0.25) is 9.69 Å². The number of thioether (sulfide) groups is 2. The van der Waals surface area contributed by atoms with Crippen molar-refractivity contribution in [2.24, 2.45) is 0 Å². The number of para-hydroxylation sites is 1. The highest BCUT2D eigenvalue weighted by molar-refractivity contribution is 8.27. The number of carbonyl (C=O) groups is 1. The monoisotopic (exact) mass is 486 g/mol. The third-order valence-corrected chi connectivity index (χ3v) is 7.87. The molecule has 0 aliphatic carbocycles. The third-order valence-electron chi connectivity index (χ3n) is 5.84. The lowest BCUT2D eigenvalue weighted by molar-refractivity contribution is -0.113. The molecule has 5 rings (SSSR count). The zero-order valence-electron chi connectivity index (χ0n) is 18.3. The number of amides is 1. The van der Waals surface area contributed by atoms with E-state index in [-0.39, 0.29) is 5.91 Å². The Bertz CT molecular complexity index is 1410. The predicted octanol–water partition coefficient (Wildman–Crippen LogP) is 7.13. The number of rotatable bonds is 5. The van der Waals surface area contributed by atoms with Crippen molar-refractivity contribution in [1.82, 2.24) is 4.57 Å². The molecule has 1 aromatic heterocycles. The Labute approximate surface area is 207 Å². The van der Waals surface area contributed by atoms with Crippen LogP contribution in [0.2, 0.25) is 0 Å². The fourth-order valence-corrected chi connectivity index (χ4v) is 5.91. The summed E-state index contributed by atoms with van der Waals surface area (Å²) in [7, 11) is 0. The largest absolute Gasteiger partial charge is 0.340 e. The minimum absolute atomic E-state index is 0.0671. The lowest BCUT2D eigenvalue weighted by atomic mass is 10.1. The van der Waals surface area contributed by atoms with Crippen LogP contribution < -0.4 is 4.90 Å². The molecule has 1 fully saturated rings. The van der Waals surface area contributed by atoms with Crippen molar-refractivity contribution in [2.45, 2.75) is 18.4 Å². The summed E-state index contributed by atoms with van der Waals surface area (Å²) in [6.07, 6.45) is 4.04. The molecule has 1 amide bonds. The maximum absolute atomic E-state index is 13.4. The smallest absolute Gasteiger partial charge is 0.270 e. The van der Waals surface area contributed by atoms with Crippen LogP contribution in [0, 0.1) is 6.92 Å². The van der Waals surface area contributed by atoms with E-state index in [1.54, 1.807) is 16.7 Å². The average molecular weight is 487 g/mol. The standard InChI is InChI=1S/C27H22N2OS3/c1-18-23(22-13-6-7-14-24(22)28(18)17-19-9-4-3-5-10-19)16-25-26(30)29(27(31)33-25)20-11-8-12-21(15-20)32-2/h3-16H,17H2,1-2H3/b25-16-. The number of benzene rings is 3. The van der Waals surface area contributed by atoms with Gasteiger partial charge in [-0.2, -0.15) is 0 Å². The van der Waals surface area contributed by atoms with Crippen molar-refractivity contribution in [3.63, 3.8) is 0 Å². The van der Waals surface area contributed by atoms with Crippen LogP contribution in [0.3, 0.4) is 0 Å². The molecule has 164 valence electrons. The van der Waals surface area contributed by atoms with Crippen LogP contribution in [0.15, 0.2) is 88.7 Å². The number of hydrogen-bond donors (Lipinski definition) is 0. The van der Waals surface area contributed by atoms with Crippen LogP contribution in [0.4, 0.5) is 5.69 Å². The zero-order valence-corrected chi connectivity index (χ0v) is 20.8. The molecule has 0 spiro atoms. The van der Waals surface area contributed by atoms with Crippen LogP contribution in [0.1, 0.15) is 16.8 Å². The first kappa shape index (κ1) is 22.0. The number of anilines is 1. The molecule has 0 bridgehead atoms. The number of aromatic nitrogens is 1. The first-order valence-electron chi connectivity index (χ1n) is 10.6. The van der Waals surface area contributed by atoms with E-state index in [2.05, 4.69) is 54.0 Å². The van der Waals surface area contributed by atoms with E-state index in [0.29, 0.717) is 9.23 Å². The second kappa shape index (κ2) is 9.21. The molecule has 3 aromatic carbocycles. The van der Waals surface area contributed by atoms with Crippen molar-refractivity contribution in [1.29, 1.82) is 0 Å². The Kier molecular flexibility index (Phi) is 6.15. The van der Waals surface area contributed by atoms with Crippen molar-refractivity contribution in [3.8, 4) is 0 Å². The number of thiocarbonyl (C=S) groups is 1. The molecule has 1 aliphatic rings. The zero-order chi connectivity index (χ0) is 22.9. The summed E-state index contributed by atoms with van der Waals surface area (Å²) < 4.78 is 2.88.